The summed E-state index contributed by atoms with van der Waals surface area (Å²) < 4.78 is 0. The van der Waals surface area contributed by atoms with Gasteiger partial charge in [0, 0.05) is 5.92 Å². The molecular formula is C9H17NO. The summed E-state index contributed by atoms with van der Waals surface area (Å²) in [5.74, 6) is 0.933. The lowest BCUT2D eigenvalue weighted by Gasteiger charge is -2.25. The Bertz CT molecular complexity index is 136. The molecule has 0 aromatic heterocycles. The Hall–Kier alpha value is -0.530. The molecule has 1 rings (SSSR count). The normalized spacial score (nSPS) is 31.7. The van der Waals surface area contributed by atoms with Crippen LogP contribution in [0.25, 0.3) is 0 Å². The predicted molar refractivity (Wildman–Crippen MR) is 44.9 cm³/mol. The Morgan fingerprint density at radius 3 is 2.27 bits per heavy atom. The molecule has 0 heterocycles. The fraction of sp³-hybridized carbons (Fsp3) is 0.889. The van der Waals surface area contributed by atoms with Crippen molar-refractivity contribution in [1.82, 2.24) is 0 Å². The zero-order chi connectivity index (χ0) is 8.27. The molecule has 1 amide bonds. The molecule has 64 valence electrons. The Kier molecular flexibility index (Phi) is 2.92. The molecule has 0 bridgehead atoms. The van der Waals surface area contributed by atoms with E-state index in [0.717, 1.165) is 18.8 Å². The van der Waals surface area contributed by atoms with Crippen LogP contribution in [0.3, 0.4) is 0 Å². The zero-order valence-corrected chi connectivity index (χ0v) is 7.18. The molecule has 1 saturated carbocycles. The summed E-state index contributed by atoms with van der Waals surface area (Å²) in [6.45, 7) is 2.22. The van der Waals surface area contributed by atoms with Crippen molar-refractivity contribution in [2.75, 3.05) is 0 Å². The van der Waals surface area contributed by atoms with Gasteiger partial charge in [0.05, 0.1) is 0 Å². The maximum atomic E-state index is 10.8. The number of hydrogen-bond donors (Lipinski definition) is 1. The Labute approximate surface area is 68.2 Å². The van der Waals surface area contributed by atoms with E-state index in [2.05, 4.69) is 6.92 Å². The fourth-order valence-corrected chi connectivity index (χ4v) is 1.86. The van der Waals surface area contributed by atoms with Gasteiger partial charge in [0.25, 0.3) is 0 Å². The van der Waals surface area contributed by atoms with Crippen LogP contribution in [0.4, 0.5) is 0 Å². The van der Waals surface area contributed by atoms with Gasteiger partial charge in [-0.3, -0.25) is 4.79 Å². The molecule has 0 aromatic rings. The second-order valence-electron chi connectivity index (χ2n) is 3.53. The molecule has 1 aliphatic carbocycles. The lowest BCUT2D eigenvalue weighted by Crippen LogP contribution is -2.27. The summed E-state index contributed by atoms with van der Waals surface area (Å²) in [6.07, 6.45) is 5.70. The average Bonchev–Trinajstić information content (AvgIpc) is 2.05. The van der Waals surface area contributed by atoms with E-state index in [9.17, 15) is 4.79 Å². The standard InChI is InChI=1S/C9H17NO/c1-2-7-3-5-8(6-4-7)9(10)11/h7-8H,2-6H2,1H3,(H2,10,11). The molecule has 0 atom stereocenters. The molecule has 2 heteroatoms. The third kappa shape index (κ3) is 2.21. The predicted octanol–water partition coefficient (Wildman–Crippen LogP) is 1.69. The minimum absolute atomic E-state index is 0.0976. The maximum absolute atomic E-state index is 10.8. The van der Waals surface area contributed by atoms with Crippen LogP contribution in [0, 0.1) is 11.8 Å². The number of hydrogen-bond acceptors (Lipinski definition) is 1. The molecule has 0 unspecified atom stereocenters. The first-order valence-corrected chi connectivity index (χ1v) is 4.53. The lowest BCUT2D eigenvalue weighted by atomic mass is 9.81. The van der Waals surface area contributed by atoms with Crippen molar-refractivity contribution in [3.63, 3.8) is 0 Å². The van der Waals surface area contributed by atoms with E-state index >= 15 is 0 Å². The highest BCUT2D eigenvalue weighted by atomic mass is 16.1. The number of carbonyl (C=O) groups is 1. The van der Waals surface area contributed by atoms with Crippen LogP contribution in [0.5, 0.6) is 0 Å². The highest BCUT2D eigenvalue weighted by molar-refractivity contribution is 5.76. The summed E-state index contributed by atoms with van der Waals surface area (Å²) in [5, 5.41) is 0. The average molecular weight is 155 g/mol. The first-order chi connectivity index (χ1) is 5.24. The van der Waals surface area contributed by atoms with E-state index in [-0.39, 0.29) is 11.8 Å². The third-order valence-electron chi connectivity index (χ3n) is 2.83. The number of carbonyl (C=O) groups excluding carboxylic acids is 1. The molecule has 0 aliphatic heterocycles. The van der Waals surface area contributed by atoms with E-state index < -0.39 is 0 Å². The van der Waals surface area contributed by atoms with E-state index in [1.807, 2.05) is 0 Å². The first kappa shape index (κ1) is 8.57. The van der Waals surface area contributed by atoms with E-state index in [0.29, 0.717) is 0 Å². The van der Waals surface area contributed by atoms with Crippen LogP contribution in [0.15, 0.2) is 0 Å². The maximum Gasteiger partial charge on any atom is 0.220 e. The van der Waals surface area contributed by atoms with Crippen LogP contribution >= 0.6 is 0 Å². The third-order valence-corrected chi connectivity index (χ3v) is 2.83. The summed E-state index contributed by atoms with van der Waals surface area (Å²) >= 11 is 0. The molecular weight excluding hydrogens is 138 g/mol. The largest absolute Gasteiger partial charge is 0.369 e. The second kappa shape index (κ2) is 3.74. The van der Waals surface area contributed by atoms with Crippen molar-refractivity contribution in [3.05, 3.63) is 0 Å². The van der Waals surface area contributed by atoms with Crippen molar-refractivity contribution in [2.45, 2.75) is 39.0 Å². The molecule has 2 N–H and O–H groups in total. The quantitative estimate of drug-likeness (QED) is 0.648. The minimum Gasteiger partial charge on any atom is -0.369 e. The van der Waals surface area contributed by atoms with Gasteiger partial charge in [0.1, 0.15) is 0 Å². The van der Waals surface area contributed by atoms with Crippen molar-refractivity contribution in [1.29, 1.82) is 0 Å². The zero-order valence-electron chi connectivity index (χ0n) is 7.18. The van der Waals surface area contributed by atoms with Gasteiger partial charge in [-0.1, -0.05) is 13.3 Å². The molecule has 0 spiro atoms. The van der Waals surface area contributed by atoms with E-state index in [1.54, 1.807) is 0 Å². The summed E-state index contributed by atoms with van der Waals surface area (Å²) in [6, 6.07) is 0. The van der Waals surface area contributed by atoms with Crippen molar-refractivity contribution in [2.24, 2.45) is 17.6 Å². The number of nitrogens with two attached hydrogens (primary N) is 1. The molecule has 1 fully saturated rings. The van der Waals surface area contributed by atoms with Crippen LogP contribution in [-0.2, 0) is 4.79 Å². The Morgan fingerprint density at radius 1 is 1.36 bits per heavy atom. The summed E-state index contributed by atoms with van der Waals surface area (Å²) in [5.41, 5.74) is 5.22. The van der Waals surface area contributed by atoms with Gasteiger partial charge in [0.2, 0.25) is 5.91 Å². The van der Waals surface area contributed by atoms with Crippen LogP contribution in [-0.4, -0.2) is 5.91 Å². The van der Waals surface area contributed by atoms with Crippen molar-refractivity contribution >= 4 is 5.91 Å². The number of primary amides is 1. The van der Waals surface area contributed by atoms with Crippen LogP contribution < -0.4 is 5.73 Å². The van der Waals surface area contributed by atoms with E-state index in [4.69, 9.17) is 5.73 Å². The fourth-order valence-electron chi connectivity index (χ4n) is 1.86. The first-order valence-electron chi connectivity index (χ1n) is 4.53. The van der Waals surface area contributed by atoms with Gasteiger partial charge in [-0.05, 0) is 31.6 Å². The number of rotatable bonds is 2. The highest BCUT2D eigenvalue weighted by Gasteiger charge is 2.23. The highest BCUT2D eigenvalue weighted by Crippen LogP contribution is 2.30. The van der Waals surface area contributed by atoms with Gasteiger partial charge in [-0.25, -0.2) is 0 Å². The SMILES string of the molecule is CCC1CCC(C(N)=O)CC1. The minimum atomic E-state index is -0.0976. The monoisotopic (exact) mass is 155 g/mol. The van der Waals surface area contributed by atoms with Gasteiger partial charge in [-0.15, -0.1) is 0 Å². The van der Waals surface area contributed by atoms with Gasteiger partial charge in [0.15, 0.2) is 0 Å². The topological polar surface area (TPSA) is 43.1 Å². The Balaban J connectivity index is 2.30. The van der Waals surface area contributed by atoms with Crippen LogP contribution in [0.2, 0.25) is 0 Å². The van der Waals surface area contributed by atoms with E-state index in [1.165, 1.54) is 19.3 Å². The molecule has 2 nitrogen and oxygen atoms in total. The molecule has 11 heavy (non-hydrogen) atoms. The molecule has 1 aliphatic rings. The molecule has 0 radical (unpaired) electrons. The molecule has 0 aromatic carbocycles. The summed E-state index contributed by atoms with van der Waals surface area (Å²) in [4.78, 5) is 10.8. The molecule has 0 saturated heterocycles. The van der Waals surface area contributed by atoms with Crippen molar-refractivity contribution < 1.29 is 4.79 Å². The summed E-state index contributed by atoms with van der Waals surface area (Å²) in [7, 11) is 0. The second-order valence-corrected chi connectivity index (χ2v) is 3.53. The van der Waals surface area contributed by atoms with Crippen LogP contribution in [0.1, 0.15) is 39.0 Å². The smallest absolute Gasteiger partial charge is 0.220 e. The van der Waals surface area contributed by atoms with Crippen molar-refractivity contribution in [3.8, 4) is 0 Å². The van der Waals surface area contributed by atoms with Gasteiger partial charge < -0.3 is 5.73 Å². The van der Waals surface area contributed by atoms with Gasteiger partial charge in [-0.2, -0.15) is 0 Å². The number of amides is 1. The lowest BCUT2D eigenvalue weighted by molar-refractivity contribution is -0.122. The Morgan fingerprint density at radius 2 is 1.91 bits per heavy atom. The van der Waals surface area contributed by atoms with Gasteiger partial charge >= 0.3 is 0 Å².